The molecule has 25 heavy (non-hydrogen) atoms. The van der Waals surface area contributed by atoms with E-state index in [1.807, 2.05) is 0 Å². The fraction of sp³-hybridized carbons (Fsp3) is 0.118. The van der Waals surface area contributed by atoms with E-state index in [2.05, 4.69) is 10.6 Å². The quantitative estimate of drug-likeness (QED) is 0.587. The van der Waals surface area contributed by atoms with Crippen LogP contribution in [0.5, 0.6) is 0 Å². The van der Waals surface area contributed by atoms with Gasteiger partial charge < -0.3 is 15.4 Å². The summed E-state index contributed by atoms with van der Waals surface area (Å²) in [6.07, 6.45) is 0. The van der Waals surface area contributed by atoms with Gasteiger partial charge in [-0.2, -0.15) is 0 Å². The average Bonchev–Trinajstić information content (AvgIpc) is 2.82. The highest BCUT2D eigenvalue weighted by atomic mass is 35.5. The third kappa shape index (κ3) is 2.93. The Balaban J connectivity index is 1.90. The largest absolute Gasteiger partial charge is 0.456 e. The summed E-state index contributed by atoms with van der Waals surface area (Å²) in [4.78, 5) is 12.3. The minimum absolute atomic E-state index is 0.150. The Kier molecular flexibility index (Phi) is 4.24. The van der Waals surface area contributed by atoms with Crippen LogP contribution in [0.4, 0.5) is 11.4 Å². The second kappa shape index (κ2) is 6.29. The highest BCUT2D eigenvalue weighted by Crippen LogP contribution is 2.43. The molecule has 0 amide bonds. The maximum atomic E-state index is 12.3. The van der Waals surface area contributed by atoms with Gasteiger partial charge in [0, 0.05) is 10.0 Å². The molecule has 2 aromatic rings. The van der Waals surface area contributed by atoms with Gasteiger partial charge in [-0.05, 0) is 29.8 Å². The summed E-state index contributed by atoms with van der Waals surface area (Å²) in [5.74, 6) is -0.406. The number of fused-ring (bicyclic) bond motifs is 1. The van der Waals surface area contributed by atoms with Gasteiger partial charge in [-0.25, -0.2) is 4.79 Å². The van der Waals surface area contributed by atoms with E-state index in [9.17, 15) is 4.79 Å². The Morgan fingerprint density at radius 3 is 2.40 bits per heavy atom. The van der Waals surface area contributed by atoms with Crippen LogP contribution in [0.25, 0.3) is 0 Å². The summed E-state index contributed by atoms with van der Waals surface area (Å²) in [5.41, 5.74) is 3.23. The zero-order valence-electron chi connectivity index (χ0n) is 12.5. The molecule has 4 nitrogen and oxygen atoms in total. The number of cyclic esters (lactones) is 1. The molecule has 0 fully saturated rings. The van der Waals surface area contributed by atoms with Gasteiger partial charge >= 0.3 is 5.97 Å². The Hall–Kier alpha value is -1.59. The number of benzene rings is 2. The van der Waals surface area contributed by atoms with E-state index in [1.54, 1.807) is 30.3 Å². The second-order valence-electron chi connectivity index (χ2n) is 5.65. The van der Waals surface area contributed by atoms with E-state index >= 15 is 0 Å². The number of anilines is 2. The van der Waals surface area contributed by atoms with Crippen molar-refractivity contribution in [2.75, 3.05) is 17.2 Å². The summed E-state index contributed by atoms with van der Waals surface area (Å²) in [6.45, 7) is 0.150. The molecule has 2 N–H and O–H groups in total. The van der Waals surface area contributed by atoms with Gasteiger partial charge in [-0.3, -0.25) is 0 Å². The maximum Gasteiger partial charge on any atom is 0.338 e. The van der Waals surface area contributed by atoms with Gasteiger partial charge in [-0.15, -0.1) is 0 Å². The number of esters is 1. The molecule has 0 saturated heterocycles. The Labute approximate surface area is 163 Å². The summed E-state index contributed by atoms with van der Waals surface area (Å²) < 4.78 is 5.20. The van der Waals surface area contributed by atoms with E-state index in [-0.39, 0.29) is 6.61 Å². The molecule has 0 bridgehead atoms. The lowest BCUT2D eigenvalue weighted by Crippen LogP contribution is -2.18. The van der Waals surface area contributed by atoms with Crippen molar-refractivity contribution in [3.8, 4) is 0 Å². The molecule has 2 aromatic carbocycles. The fourth-order valence-electron chi connectivity index (χ4n) is 2.94. The molecule has 2 heterocycles. The van der Waals surface area contributed by atoms with Gasteiger partial charge in [0.25, 0.3) is 0 Å². The van der Waals surface area contributed by atoms with E-state index in [0.717, 1.165) is 0 Å². The fourth-order valence-corrected chi connectivity index (χ4v) is 3.79. The number of hydrogen-bond donors (Lipinski definition) is 2. The lowest BCUT2D eigenvalue weighted by Gasteiger charge is -2.21. The van der Waals surface area contributed by atoms with Gasteiger partial charge in [0.05, 0.1) is 38.7 Å². The Morgan fingerprint density at radius 2 is 1.68 bits per heavy atom. The molecule has 128 valence electrons. The number of hydrogen-bond acceptors (Lipinski definition) is 4. The predicted molar refractivity (Wildman–Crippen MR) is 101 cm³/mol. The number of ether oxygens (including phenoxy) is 1. The standard InChI is InChI=1S/C17H10Cl4N2O2/c18-7-1-2-8(9(19)3-7)16-15-14(6-25-17(15)24)22-12-4-10(20)11(21)5-13(12)23-16/h1-5,16,22-23H,6H2. The van der Waals surface area contributed by atoms with Crippen LogP contribution >= 0.6 is 46.4 Å². The van der Waals surface area contributed by atoms with Crippen LogP contribution in [0.2, 0.25) is 20.1 Å². The van der Waals surface area contributed by atoms with Gasteiger partial charge in [0.1, 0.15) is 6.61 Å². The minimum atomic E-state index is -0.513. The first kappa shape index (κ1) is 16.9. The van der Waals surface area contributed by atoms with Crippen LogP contribution in [0, 0.1) is 0 Å². The first-order chi connectivity index (χ1) is 11.9. The SMILES string of the molecule is O=C1OCC2=C1C(c1ccc(Cl)cc1Cl)Nc1cc(Cl)c(Cl)cc1N2. The van der Waals surface area contributed by atoms with Crippen molar-refractivity contribution < 1.29 is 9.53 Å². The van der Waals surface area contributed by atoms with Crippen molar-refractivity contribution in [3.05, 3.63) is 67.3 Å². The lowest BCUT2D eigenvalue weighted by molar-refractivity contribution is -0.136. The molecule has 0 aromatic heterocycles. The first-order valence-corrected chi connectivity index (χ1v) is 8.83. The van der Waals surface area contributed by atoms with Crippen LogP contribution in [0.15, 0.2) is 41.6 Å². The van der Waals surface area contributed by atoms with E-state index in [0.29, 0.717) is 48.3 Å². The zero-order valence-corrected chi connectivity index (χ0v) is 15.5. The number of carbonyl (C=O) groups is 1. The summed E-state index contributed by atoms with van der Waals surface area (Å²) in [5, 5.41) is 8.29. The van der Waals surface area contributed by atoms with E-state index < -0.39 is 12.0 Å². The van der Waals surface area contributed by atoms with Crippen LogP contribution in [0.1, 0.15) is 11.6 Å². The molecule has 0 spiro atoms. The summed E-state index contributed by atoms with van der Waals surface area (Å²) in [7, 11) is 0. The number of nitrogens with one attached hydrogen (secondary N) is 2. The zero-order chi connectivity index (χ0) is 17.7. The van der Waals surface area contributed by atoms with E-state index in [4.69, 9.17) is 51.1 Å². The van der Waals surface area contributed by atoms with Crippen LogP contribution in [-0.2, 0) is 9.53 Å². The van der Waals surface area contributed by atoms with Crippen molar-refractivity contribution in [1.82, 2.24) is 0 Å². The molecule has 1 atom stereocenters. The molecule has 2 aliphatic heterocycles. The predicted octanol–water partition coefficient (Wildman–Crippen LogP) is 5.69. The molecule has 4 rings (SSSR count). The lowest BCUT2D eigenvalue weighted by atomic mass is 9.97. The molecule has 0 saturated carbocycles. The Bertz CT molecular complexity index is 942. The number of rotatable bonds is 1. The van der Waals surface area contributed by atoms with Gasteiger partial charge in [-0.1, -0.05) is 52.5 Å². The number of halogens is 4. The number of carbonyl (C=O) groups excluding carboxylic acids is 1. The molecule has 0 aliphatic carbocycles. The molecule has 1 unspecified atom stereocenters. The molecule has 8 heteroatoms. The van der Waals surface area contributed by atoms with E-state index in [1.165, 1.54) is 0 Å². The third-order valence-corrected chi connectivity index (χ3v) is 5.39. The van der Waals surface area contributed by atoms with Crippen molar-refractivity contribution in [1.29, 1.82) is 0 Å². The topological polar surface area (TPSA) is 50.4 Å². The average molecular weight is 416 g/mol. The highest BCUT2D eigenvalue weighted by molar-refractivity contribution is 6.42. The Morgan fingerprint density at radius 1 is 0.960 bits per heavy atom. The van der Waals surface area contributed by atoms with Gasteiger partial charge in [0.2, 0.25) is 0 Å². The van der Waals surface area contributed by atoms with Crippen molar-refractivity contribution >= 4 is 63.7 Å². The molecular formula is C17H10Cl4N2O2. The molecular weight excluding hydrogens is 406 g/mol. The normalized spacial score (nSPS) is 18.7. The van der Waals surface area contributed by atoms with Crippen molar-refractivity contribution in [3.63, 3.8) is 0 Å². The molecule has 0 radical (unpaired) electrons. The monoisotopic (exact) mass is 414 g/mol. The first-order valence-electron chi connectivity index (χ1n) is 7.32. The summed E-state index contributed by atoms with van der Waals surface area (Å²) >= 11 is 24.6. The van der Waals surface area contributed by atoms with Crippen LogP contribution in [-0.4, -0.2) is 12.6 Å². The smallest absolute Gasteiger partial charge is 0.338 e. The summed E-state index contributed by atoms with van der Waals surface area (Å²) in [6, 6.07) is 8.03. The van der Waals surface area contributed by atoms with Crippen molar-refractivity contribution in [2.24, 2.45) is 0 Å². The van der Waals surface area contributed by atoms with Crippen LogP contribution in [0.3, 0.4) is 0 Å². The highest BCUT2D eigenvalue weighted by Gasteiger charge is 2.36. The van der Waals surface area contributed by atoms with Gasteiger partial charge in [0.15, 0.2) is 0 Å². The van der Waals surface area contributed by atoms with Crippen LogP contribution < -0.4 is 10.6 Å². The van der Waals surface area contributed by atoms with Crippen molar-refractivity contribution in [2.45, 2.75) is 6.04 Å². The maximum absolute atomic E-state index is 12.3. The second-order valence-corrected chi connectivity index (χ2v) is 7.31. The minimum Gasteiger partial charge on any atom is -0.456 e. The third-order valence-electron chi connectivity index (χ3n) is 4.10. The molecule has 2 aliphatic rings.